The fourth-order valence-electron chi connectivity index (χ4n) is 3.05. The lowest BCUT2D eigenvalue weighted by Crippen LogP contribution is -2.44. The molecule has 9 heteroatoms. The highest BCUT2D eigenvalue weighted by molar-refractivity contribution is 6.35. The van der Waals surface area contributed by atoms with Gasteiger partial charge in [0.2, 0.25) is 0 Å². The van der Waals surface area contributed by atoms with E-state index in [1.165, 1.54) is 0 Å². The molecule has 0 bridgehead atoms. The number of guanidine groups is 1. The van der Waals surface area contributed by atoms with Gasteiger partial charge < -0.3 is 20.1 Å². The van der Waals surface area contributed by atoms with Crippen LogP contribution in [0.3, 0.4) is 0 Å². The highest BCUT2D eigenvalue weighted by Crippen LogP contribution is 2.25. The normalized spacial score (nSPS) is 14.5. The maximum absolute atomic E-state index is 6.19. The molecule has 0 aliphatic carbocycles. The van der Waals surface area contributed by atoms with E-state index in [0.29, 0.717) is 54.9 Å². The zero-order valence-corrected chi connectivity index (χ0v) is 18.2. The highest BCUT2D eigenvalue weighted by Gasteiger charge is 2.13. The SMILES string of the molecule is N/C(=N/c1nccc(-c2ccc(OCc3ccc(Cl)cc3Cl)cc2)n1)N1CCOCC1. The average Bonchev–Trinajstić information content (AvgIpc) is 2.80. The van der Waals surface area contributed by atoms with Crippen molar-refractivity contribution in [2.45, 2.75) is 6.61 Å². The lowest BCUT2D eigenvalue weighted by atomic mass is 10.1. The van der Waals surface area contributed by atoms with Gasteiger partial charge in [0.05, 0.1) is 18.9 Å². The summed E-state index contributed by atoms with van der Waals surface area (Å²) in [7, 11) is 0. The van der Waals surface area contributed by atoms with Crippen LogP contribution in [0.25, 0.3) is 11.3 Å². The Labute approximate surface area is 190 Å². The molecule has 2 aromatic carbocycles. The first kappa shape index (κ1) is 21.4. The van der Waals surface area contributed by atoms with Crippen LogP contribution in [-0.4, -0.2) is 47.1 Å². The summed E-state index contributed by atoms with van der Waals surface area (Å²) in [6, 6.07) is 14.8. The van der Waals surface area contributed by atoms with E-state index in [2.05, 4.69) is 15.0 Å². The molecule has 1 saturated heterocycles. The van der Waals surface area contributed by atoms with Crippen molar-refractivity contribution < 1.29 is 9.47 Å². The Bertz CT molecular complexity index is 1070. The molecule has 1 fully saturated rings. The van der Waals surface area contributed by atoms with Gasteiger partial charge in [0.15, 0.2) is 5.96 Å². The Morgan fingerprint density at radius 2 is 1.87 bits per heavy atom. The maximum Gasteiger partial charge on any atom is 0.253 e. The Balaban J connectivity index is 1.43. The molecule has 0 atom stereocenters. The van der Waals surface area contributed by atoms with E-state index >= 15 is 0 Å². The molecule has 2 N–H and O–H groups in total. The number of aromatic nitrogens is 2. The first-order valence-electron chi connectivity index (χ1n) is 9.75. The minimum absolute atomic E-state index is 0.319. The molecule has 0 amide bonds. The number of nitrogens with zero attached hydrogens (tertiary/aromatic N) is 4. The molecule has 1 aliphatic rings. The summed E-state index contributed by atoms with van der Waals surface area (Å²) in [6.07, 6.45) is 1.67. The molecule has 1 aromatic heterocycles. The number of hydrogen-bond donors (Lipinski definition) is 1. The van der Waals surface area contributed by atoms with Crippen LogP contribution >= 0.6 is 23.2 Å². The van der Waals surface area contributed by atoms with Crippen molar-refractivity contribution in [1.82, 2.24) is 14.9 Å². The van der Waals surface area contributed by atoms with Crippen molar-refractivity contribution >= 4 is 35.1 Å². The van der Waals surface area contributed by atoms with Crippen molar-refractivity contribution in [3.8, 4) is 17.0 Å². The number of rotatable bonds is 5. The van der Waals surface area contributed by atoms with Crippen LogP contribution < -0.4 is 10.5 Å². The van der Waals surface area contributed by atoms with E-state index in [1.54, 1.807) is 18.3 Å². The van der Waals surface area contributed by atoms with E-state index < -0.39 is 0 Å². The molecular formula is C22H21Cl2N5O2. The van der Waals surface area contributed by atoms with Crippen LogP contribution in [-0.2, 0) is 11.3 Å². The second-order valence-corrected chi connectivity index (χ2v) is 7.70. The third kappa shape index (κ3) is 5.64. The summed E-state index contributed by atoms with van der Waals surface area (Å²) in [5.41, 5.74) is 8.63. The van der Waals surface area contributed by atoms with Crippen molar-refractivity contribution in [3.63, 3.8) is 0 Å². The lowest BCUT2D eigenvalue weighted by molar-refractivity contribution is 0.0675. The van der Waals surface area contributed by atoms with E-state index in [9.17, 15) is 0 Å². The lowest BCUT2D eigenvalue weighted by Gasteiger charge is -2.27. The molecule has 3 aromatic rings. The quantitative estimate of drug-likeness (QED) is 0.453. The molecule has 0 spiro atoms. The number of halogens is 2. The van der Waals surface area contributed by atoms with Crippen LogP contribution in [0.5, 0.6) is 5.75 Å². The molecule has 7 nitrogen and oxygen atoms in total. The predicted molar refractivity (Wildman–Crippen MR) is 122 cm³/mol. The number of morpholine rings is 1. The van der Waals surface area contributed by atoms with Crippen LogP contribution in [0, 0.1) is 0 Å². The second kappa shape index (κ2) is 9.96. The second-order valence-electron chi connectivity index (χ2n) is 6.86. The zero-order chi connectivity index (χ0) is 21.6. The van der Waals surface area contributed by atoms with Crippen LogP contribution in [0.2, 0.25) is 10.0 Å². The van der Waals surface area contributed by atoms with Gasteiger partial charge in [0.25, 0.3) is 5.95 Å². The molecule has 160 valence electrons. The summed E-state index contributed by atoms with van der Waals surface area (Å²) < 4.78 is 11.2. The smallest absolute Gasteiger partial charge is 0.253 e. The summed E-state index contributed by atoms with van der Waals surface area (Å²) in [4.78, 5) is 15.0. The van der Waals surface area contributed by atoms with Crippen molar-refractivity contribution in [1.29, 1.82) is 0 Å². The summed E-state index contributed by atoms with van der Waals surface area (Å²) in [6.45, 7) is 3.03. The summed E-state index contributed by atoms with van der Waals surface area (Å²) in [5, 5.41) is 1.17. The van der Waals surface area contributed by atoms with Gasteiger partial charge in [-0.1, -0.05) is 29.3 Å². The van der Waals surface area contributed by atoms with Crippen LogP contribution in [0.1, 0.15) is 5.56 Å². The Morgan fingerprint density at radius 3 is 2.61 bits per heavy atom. The van der Waals surface area contributed by atoms with Gasteiger partial charge in [-0.15, -0.1) is 0 Å². The number of nitrogens with two attached hydrogens (primary N) is 1. The van der Waals surface area contributed by atoms with Crippen molar-refractivity contribution in [3.05, 3.63) is 70.3 Å². The van der Waals surface area contributed by atoms with Gasteiger partial charge in [-0.05, 0) is 42.5 Å². The fraction of sp³-hybridized carbons (Fsp3) is 0.227. The molecule has 2 heterocycles. The number of aliphatic imine (C=N–C) groups is 1. The van der Waals surface area contributed by atoms with Gasteiger partial charge in [0.1, 0.15) is 12.4 Å². The van der Waals surface area contributed by atoms with Gasteiger partial charge in [-0.3, -0.25) is 0 Å². The molecular weight excluding hydrogens is 437 g/mol. The summed E-state index contributed by atoms with van der Waals surface area (Å²) in [5.74, 6) is 1.43. The van der Waals surface area contributed by atoms with Crippen molar-refractivity contribution in [2.75, 3.05) is 26.3 Å². The Hall–Kier alpha value is -2.87. The third-order valence-electron chi connectivity index (χ3n) is 4.75. The monoisotopic (exact) mass is 457 g/mol. The van der Waals surface area contributed by atoms with Gasteiger partial charge in [0, 0.05) is 40.5 Å². The number of benzene rings is 2. The minimum Gasteiger partial charge on any atom is -0.489 e. The largest absolute Gasteiger partial charge is 0.489 e. The third-order valence-corrected chi connectivity index (χ3v) is 5.34. The molecule has 1 aliphatic heterocycles. The molecule has 0 saturated carbocycles. The van der Waals surface area contributed by atoms with E-state index in [4.69, 9.17) is 38.4 Å². The number of ether oxygens (including phenoxy) is 2. The highest BCUT2D eigenvalue weighted by atomic mass is 35.5. The first-order chi connectivity index (χ1) is 15.1. The van der Waals surface area contributed by atoms with Gasteiger partial charge >= 0.3 is 0 Å². The van der Waals surface area contributed by atoms with Crippen LogP contribution in [0.15, 0.2) is 59.7 Å². The molecule has 0 unspecified atom stereocenters. The van der Waals surface area contributed by atoms with Gasteiger partial charge in [-0.25, -0.2) is 9.97 Å². The Morgan fingerprint density at radius 1 is 1.10 bits per heavy atom. The number of hydrogen-bond acceptors (Lipinski definition) is 5. The van der Waals surface area contributed by atoms with E-state index in [0.717, 1.165) is 22.6 Å². The van der Waals surface area contributed by atoms with Crippen LogP contribution in [0.4, 0.5) is 5.95 Å². The van der Waals surface area contributed by atoms with Gasteiger partial charge in [-0.2, -0.15) is 4.99 Å². The molecule has 31 heavy (non-hydrogen) atoms. The molecule has 0 radical (unpaired) electrons. The van der Waals surface area contributed by atoms with Crippen molar-refractivity contribution in [2.24, 2.45) is 10.7 Å². The Kier molecular flexibility index (Phi) is 6.86. The standard InChI is InChI=1S/C22H21Cl2N5O2/c23-17-4-1-16(19(24)13-17)14-31-18-5-2-15(3-6-18)20-7-8-26-22(27-20)28-21(25)29-9-11-30-12-10-29/h1-8,13H,9-12,14H2,(H2,25,26,27,28). The zero-order valence-electron chi connectivity index (χ0n) is 16.7. The summed E-state index contributed by atoms with van der Waals surface area (Å²) >= 11 is 12.1. The minimum atomic E-state index is 0.319. The average molecular weight is 458 g/mol. The molecule has 4 rings (SSSR count). The predicted octanol–water partition coefficient (Wildman–Crippen LogP) is 4.31. The van der Waals surface area contributed by atoms with E-state index in [-0.39, 0.29) is 0 Å². The maximum atomic E-state index is 6.19. The topological polar surface area (TPSA) is 85.9 Å². The first-order valence-corrected chi connectivity index (χ1v) is 10.5. The fourth-order valence-corrected chi connectivity index (χ4v) is 3.51. The van der Waals surface area contributed by atoms with E-state index in [1.807, 2.05) is 41.3 Å².